The van der Waals surface area contributed by atoms with Crippen LogP contribution in [0.4, 0.5) is 0 Å². The van der Waals surface area contributed by atoms with Crippen LogP contribution in [0.3, 0.4) is 0 Å². The summed E-state index contributed by atoms with van der Waals surface area (Å²) in [7, 11) is 0. The summed E-state index contributed by atoms with van der Waals surface area (Å²) in [5.74, 6) is -4.06. The number of hydrogen-bond donors (Lipinski definition) is 3. The van der Waals surface area contributed by atoms with Crippen LogP contribution in [-0.4, -0.2) is 74.1 Å². The molecule has 0 heterocycles. The summed E-state index contributed by atoms with van der Waals surface area (Å²) in [6.07, 6.45) is 25.6. The second-order valence-electron chi connectivity index (χ2n) is 12.7. The first-order valence-corrected chi connectivity index (χ1v) is 21.3. The molecule has 0 amide bonds. The van der Waals surface area contributed by atoms with Crippen molar-refractivity contribution in [1.82, 2.24) is 0 Å². The van der Waals surface area contributed by atoms with Crippen molar-refractivity contribution in [2.45, 2.75) is 224 Å². The van der Waals surface area contributed by atoms with Gasteiger partial charge in [0.05, 0.1) is 36.2 Å². The average Bonchev–Trinajstić information content (AvgIpc) is 3.06. The first kappa shape index (κ1) is 53.9. The van der Waals surface area contributed by atoms with Crippen LogP contribution < -0.4 is 15.3 Å². The number of aliphatic hydroxyl groups excluding tert-OH is 3. The molecule has 284 valence electrons. The normalized spacial score (nSPS) is 12.3. The Morgan fingerprint density at radius 1 is 0.396 bits per heavy atom. The second-order valence-corrected chi connectivity index (χ2v) is 14.1. The number of carbonyl (C=O) groups is 3. The van der Waals surface area contributed by atoms with Crippen LogP contribution in [0.1, 0.15) is 201 Å². The van der Waals surface area contributed by atoms with Gasteiger partial charge in [0.1, 0.15) is 0 Å². The third kappa shape index (κ3) is 51.9. The summed E-state index contributed by atoms with van der Waals surface area (Å²) in [6.45, 7) is 8.73. The van der Waals surface area contributed by atoms with Gasteiger partial charge in [0.2, 0.25) is 0 Å². The number of carbonyl (C=O) groups excluding carboxylic acids is 3. The Balaban J connectivity index is -0.000000271. The van der Waals surface area contributed by atoms with Crippen molar-refractivity contribution in [2.75, 3.05) is 0 Å². The van der Waals surface area contributed by atoms with Gasteiger partial charge in [-0.15, -0.1) is 0 Å². The van der Waals surface area contributed by atoms with Crippen LogP contribution in [0, 0.1) is 0 Å². The van der Waals surface area contributed by atoms with Crippen molar-refractivity contribution in [3.8, 4) is 0 Å². The molecule has 0 aliphatic rings. The predicted octanol–water partition coefficient (Wildman–Crippen LogP) is 5.48. The Labute approximate surface area is 308 Å². The number of hydrogen-bond acceptors (Lipinski definition) is 9. The van der Waals surface area contributed by atoms with Gasteiger partial charge >= 0.3 is 72.4 Å². The number of carboxylic acid groups (broad SMARTS) is 3. The van der Waals surface area contributed by atoms with Crippen molar-refractivity contribution in [3.63, 3.8) is 0 Å². The Kier molecular flexibility index (Phi) is 51.7. The van der Waals surface area contributed by atoms with Gasteiger partial charge < -0.3 is 45.0 Å². The van der Waals surface area contributed by atoms with E-state index in [-0.39, 0.29) is 0 Å². The maximum absolute atomic E-state index is 10.1. The van der Waals surface area contributed by atoms with Crippen LogP contribution in [0.25, 0.3) is 0 Å². The molecule has 3 unspecified atom stereocenters. The molecular formula is C38H74O9Sn. The van der Waals surface area contributed by atoms with E-state index in [1.165, 1.54) is 101 Å². The standard InChI is InChI=1S/3C10H20O3.C8H17.Sn/c3*1-2-3-4-5-6-7-8-9(11)10(12)13;1-3-5-7-8-6-4-2;/h3*9,11H,2-8H2,1H3,(H,12,13);1,3-8H2,2H3;/q;;;;+3/p-3. The molecule has 0 aromatic carbocycles. The summed E-state index contributed by atoms with van der Waals surface area (Å²) in [6, 6.07) is 0. The molecule has 3 atom stereocenters. The zero-order chi connectivity index (χ0) is 37.3. The molecule has 0 bridgehead atoms. The topological polar surface area (TPSA) is 181 Å². The van der Waals surface area contributed by atoms with Gasteiger partial charge in [-0.1, -0.05) is 136 Å². The van der Waals surface area contributed by atoms with Crippen molar-refractivity contribution >= 4 is 40.4 Å². The zero-order valence-electron chi connectivity index (χ0n) is 31.3. The number of unbranched alkanes of at least 4 members (excludes halogenated alkanes) is 20. The van der Waals surface area contributed by atoms with Gasteiger partial charge in [0.25, 0.3) is 0 Å². The summed E-state index contributed by atoms with van der Waals surface area (Å²) in [4.78, 5) is 30.3. The maximum atomic E-state index is 10.1. The van der Waals surface area contributed by atoms with Crippen LogP contribution in [0.5, 0.6) is 0 Å². The van der Waals surface area contributed by atoms with E-state index in [4.69, 9.17) is 15.3 Å². The van der Waals surface area contributed by atoms with E-state index >= 15 is 0 Å². The molecule has 10 heteroatoms. The number of carboxylic acids is 3. The van der Waals surface area contributed by atoms with Crippen LogP contribution >= 0.6 is 0 Å². The Morgan fingerprint density at radius 3 is 0.771 bits per heavy atom. The third-order valence-corrected chi connectivity index (χ3v) is 8.85. The Hall–Kier alpha value is -0.911. The predicted molar refractivity (Wildman–Crippen MR) is 191 cm³/mol. The number of aliphatic hydroxyl groups is 3. The fourth-order valence-corrected chi connectivity index (χ4v) is 5.33. The van der Waals surface area contributed by atoms with Crippen LogP contribution in [-0.2, 0) is 14.4 Å². The molecule has 0 fully saturated rings. The van der Waals surface area contributed by atoms with Crippen molar-refractivity contribution < 1.29 is 45.0 Å². The molecule has 0 aliphatic carbocycles. The van der Waals surface area contributed by atoms with E-state index in [2.05, 4.69) is 27.7 Å². The molecule has 0 spiro atoms. The summed E-state index contributed by atoms with van der Waals surface area (Å²) in [5.41, 5.74) is 0. The summed E-state index contributed by atoms with van der Waals surface area (Å²) in [5, 5.41) is 56.9. The van der Waals surface area contributed by atoms with Gasteiger partial charge in [0.15, 0.2) is 0 Å². The molecule has 0 aromatic rings. The molecule has 48 heavy (non-hydrogen) atoms. The van der Waals surface area contributed by atoms with Gasteiger partial charge in [-0.05, 0) is 19.3 Å². The first-order valence-electron chi connectivity index (χ1n) is 19.3. The quantitative estimate of drug-likeness (QED) is 0.0627. The van der Waals surface area contributed by atoms with E-state index in [0.29, 0.717) is 19.3 Å². The number of rotatable bonds is 30. The van der Waals surface area contributed by atoms with Gasteiger partial charge in [0, 0.05) is 0 Å². The molecule has 9 nitrogen and oxygen atoms in total. The molecule has 0 rings (SSSR count). The van der Waals surface area contributed by atoms with Crippen LogP contribution in [0.15, 0.2) is 0 Å². The molecule has 0 radical (unpaired) electrons. The average molecular weight is 794 g/mol. The van der Waals surface area contributed by atoms with Gasteiger partial charge in [-0.2, -0.15) is 0 Å². The van der Waals surface area contributed by atoms with Crippen molar-refractivity contribution in [2.24, 2.45) is 0 Å². The molecule has 0 aromatic heterocycles. The fourth-order valence-electron chi connectivity index (χ4n) is 4.61. The monoisotopic (exact) mass is 794 g/mol. The van der Waals surface area contributed by atoms with Crippen LogP contribution in [0.2, 0.25) is 4.44 Å². The summed E-state index contributed by atoms with van der Waals surface area (Å²) < 4.78 is 1.46. The molecule has 0 saturated heterocycles. The molecule has 3 N–H and O–H groups in total. The third-order valence-electron chi connectivity index (χ3n) is 7.84. The molecule has 0 aliphatic heterocycles. The van der Waals surface area contributed by atoms with Crippen molar-refractivity contribution in [3.05, 3.63) is 0 Å². The Morgan fingerprint density at radius 2 is 0.583 bits per heavy atom. The van der Waals surface area contributed by atoms with E-state index in [9.17, 15) is 29.7 Å². The van der Waals surface area contributed by atoms with E-state index < -0.39 is 36.2 Å². The second kappa shape index (κ2) is 46.1. The van der Waals surface area contributed by atoms with Gasteiger partial charge in [-0.3, -0.25) is 0 Å². The fraction of sp³-hybridized carbons (Fsp3) is 0.921. The summed E-state index contributed by atoms with van der Waals surface area (Å²) >= 11 is 1.71. The SMILES string of the molecule is CCCCCCCCC(O)C(=O)[O-].CCCCCCCCC(O)C(=O)[O-].CCCCCCCCC(O)C(=O)[O-].CCCCCCC[CH2][Sn+3]. The molecular weight excluding hydrogens is 719 g/mol. The van der Waals surface area contributed by atoms with E-state index in [0.717, 1.165) is 57.8 Å². The van der Waals surface area contributed by atoms with E-state index in [1.807, 2.05) is 0 Å². The van der Waals surface area contributed by atoms with Crippen molar-refractivity contribution in [1.29, 1.82) is 0 Å². The van der Waals surface area contributed by atoms with Gasteiger partial charge in [-0.25, -0.2) is 0 Å². The van der Waals surface area contributed by atoms with E-state index in [1.54, 1.807) is 22.5 Å². The zero-order valence-corrected chi connectivity index (χ0v) is 34.2. The number of aliphatic carboxylic acids is 3. The first-order chi connectivity index (χ1) is 23.0. The minimum absolute atomic E-state index is 0.328. The minimum atomic E-state index is -1.35. The molecule has 0 saturated carbocycles. The Bertz CT molecular complexity index is 582.